The van der Waals surface area contributed by atoms with Crippen molar-refractivity contribution in [1.82, 2.24) is 9.47 Å². The van der Waals surface area contributed by atoms with E-state index in [4.69, 9.17) is 4.74 Å². The normalized spacial score (nSPS) is 26.3. The van der Waals surface area contributed by atoms with Gasteiger partial charge in [0.25, 0.3) is 0 Å². The van der Waals surface area contributed by atoms with Crippen LogP contribution in [0.2, 0.25) is 0 Å². The van der Waals surface area contributed by atoms with Gasteiger partial charge in [-0.15, -0.1) is 0 Å². The SMILES string of the molecule is Cc1c(C(=O)O[C@@H]2C[C@H]3CC[C@@H](C2)N3C)c2ccccc2n1CCF. The second-order valence-corrected chi connectivity index (χ2v) is 7.37. The molecule has 3 heterocycles. The van der Waals surface area contributed by atoms with Gasteiger partial charge in [0.1, 0.15) is 12.8 Å². The molecular weight excluding hydrogens is 319 g/mol. The predicted molar refractivity (Wildman–Crippen MR) is 95.7 cm³/mol. The molecule has 0 N–H and O–H groups in total. The Morgan fingerprint density at radius 3 is 2.60 bits per heavy atom. The molecule has 2 fully saturated rings. The number of ether oxygens (including phenoxy) is 1. The maximum atomic E-state index is 13.0. The van der Waals surface area contributed by atoms with Crippen LogP contribution in [0, 0.1) is 6.92 Å². The minimum Gasteiger partial charge on any atom is -0.459 e. The third-order valence-corrected chi connectivity index (χ3v) is 6.07. The van der Waals surface area contributed by atoms with E-state index in [-0.39, 0.29) is 18.6 Å². The highest BCUT2D eigenvalue weighted by Gasteiger charge is 2.40. The number of hydrogen-bond donors (Lipinski definition) is 0. The lowest BCUT2D eigenvalue weighted by Gasteiger charge is -2.35. The Hall–Kier alpha value is -1.88. The molecule has 134 valence electrons. The van der Waals surface area contributed by atoms with Gasteiger partial charge in [-0.2, -0.15) is 0 Å². The maximum absolute atomic E-state index is 13.0. The molecule has 25 heavy (non-hydrogen) atoms. The number of halogens is 1. The van der Waals surface area contributed by atoms with Crippen LogP contribution in [0.25, 0.3) is 10.9 Å². The zero-order chi connectivity index (χ0) is 17.6. The summed E-state index contributed by atoms with van der Waals surface area (Å²) < 4.78 is 20.8. The molecule has 0 aliphatic carbocycles. The van der Waals surface area contributed by atoms with Gasteiger partial charge in [-0.1, -0.05) is 18.2 Å². The summed E-state index contributed by atoms with van der Waals surface area (Å²) in [4.78, 5) is 15.4. The van der Waals surface area contributed by atoms with Crippen LogP contribution in [-0.4, -0.2) is 47.3 Å². The molecule has 0 unspecified atom stereocenters. The molecule has 1 aromatic heterocycles. The molecule has 2 aliphatic rings. The highest BCUT2D eigenvalue weighted by atomic mass is 19.1. The summed E-state index contributed by atoms with van der Waals surface area (Å²) in [7, 11) is 2.18. The molecule has 2 aliphatic heterocycles. The van der Waals surface area contributed by atoms with E-state index in [9.17, 15) is 9.18 Å². The van der Waals surface area contributed by atoms with Crippen LogP contribution in [-0.2, 0) is 11.3 Å². The van der Waals surface area contributed by atoms with Gasteiger partial charge in [0.15, 0.2) is 0 Å². The van der Waals surface area contributed by atoms with Crippen molar-refractivity contribution in [3.63, 3.8) is 0 Å². The number of fused-ring (bicyclic) bond motifs is 3. The number of rotatable bonds is 4. The average Bonchev–Trinajstić information content (AvgIpc) is 2.97. The van der Waals surface area contributed by atoms with Gasteiger partial charge in [-0.3, -0.25) is 0 Å². The van der Waals surface area contributed by atoms with E-state index < -0.39 is 6.67 Å². The smallest absolute Gasteiger partial charge is 0.340 e. The first-order valence-electron chi connectivity index (χ1n) is 9.17. The number of piperidine rings is 1. The summed E-state index contributed by atoms with van der Waals surface area (Å²) in [5.41, 5.74) is 2.28. The van der Waals surface area contributed by atoms with Gasteiger partial charge in [0.05, 0.1) is 12.1 Å². The number of alkyl halides is 1. The lowest BCUT2D eigenvalue weighted by Crippen LogP contribution is -2.43. The van der Waals surface area contributed by atoms with Crippen molar-refractivity contribution in [2.75, 3.05) is 13.7 Å². The Morgan fingerprint density at radius 2 is 1.92 bits per heavy atom. The number of para-hydroxylation sites is 1. The summed E-state index contributed by atoms with van der Waals surface area (Å²) >= 11 is 0. The molecule has 4 rings (SSSR count). The second-order valence-electron chi connectivity index (χ2n) is 7.37. The Labute approximate surface area is 147 Å². The number of hydrogen-bond acceptors (Lipinski definition) is 3. The van der Waals surface area contributed by atoms with Crippen LogP contribution >= 0.6 is 0 Å². The van der Waals surface area contributed by atoms with Gasteiger partial charge in [-0.05, 0) is 32.9 Å². The summed E-state index contributed by atoms with van der Waals surface area (Å²) in [6, 6.07) is 8.75. The van der Waals surface area contributed by atoms with Gasteiger partial charge < -0.3 is 14.2 Å². The molecule has 0 spiro atoms. The van der Waals surface area contributed by atoms with Crippen molar-refractivity contribution in [1.29, 1.82) is 0 Å². The minimum absolute atomic E-state index is 0.0103. The van der Waals surface area contributed by atoms with E-state index in [1.165, 1.54) is 12.8 Å². The average molecular weight is 344 g/mol. The van der Waals surface area contributed by atoms with E-state index in [1.54, 1.807) is 0 Å². The lowest BCUT2D eigenvalue weighted by atomic mass is 10.0. The summed E-state index contributed by atoms with van der Waals surface area (Å²) in [5, 5.41) is 0.856. The Morgan fingerprint density at radius 1 is 1.24 bits per heavy atom. The standard InChI is InChI=1S/C20H25FN2O2/c1-13-19(17-5-3-4-6-18(17)23(13)10-9-21)20(24)25-16-11-14-7-8-15(12-16)22(14)2/h3-6,14-16H,7-12H2,1-2H3/t14-,15+,16-. The molecule has 0 radical (unpaired) electrons. The maximum Gasteiger partial charge on any atom is 0.340 e. The van der Waals surface area contributed by atoms with Crippen LogP contribution < -0.4 is 0 Å². The van der Waals surface area contributed by atoms with Crippen LogP contribution in [0.4, 0.5) is 4.39 Å². The first-order valence-corrected chi connectivity index (χ1v) is 9.17. The number of aromatic nitrogens is 1. The molecule has 0 saturated carbocycles. The number of nitrogens with zero attached hydrogens (tertiary/aromatic N) is 2. The fraction of sp³-hybridized carbons (Fsp3) is 0.550. The molecule has 0 amide bonds. The Bertz CT molecular complexity index is 786. The van der Waals surface area contributed by atoms with Crippen LogP contribution in [0.3, 0.4) is 0 Å². The first kappa shape index (κ1) is 16.6. The third kappa shape index (κ3) is 2.74. The Kier molecular flexibility index (Phi) is 4.28. The molecule has 4 nitrogen and oxygen atoms in total. The lowest BCUT2D eigenvalue weighted by molar-refractivity contribution is -0.000354. The molecule has 1 aromatic carbocycles. The highest BCUT2D eigenvalue weighted by molar-refractivity contribution is 6.06. The fourth-order valence-corrected chi connectivity index (χ4v) is 4.73. The van der Waals surface area contributed by atoms with Crippen molar-refractivity contribution in [2.45, 2.75) is 57.3 Å². The quantitative estimate of drug-likeness (QED) is 0.793. The van der Waals surface area contributed by atoms with E-state index in [1.807, 2.05) is 35.8 Å². The number of aryl methyl sites for hydroxylation is 1. The zero-order valence-corrected chi connectivity index (χ0v) is 14.9. The number of benzene rings is 1. The first-order chi connectivity index (χ1) is 12.1. The van der Waals surface area contributed by atoms with Gasteiger partial charge in [0.2, 0.25) is 0 Å². The van der Waals surface area contributed by atoms with Crippen molar-refractivity contribution >= 4 is 16.9 Å². The van der Waals surface area contributed by atoms with E-state index in [0.717, 1.165) is 29.4 Å². The minimum atomic E-state index is -0.452. The summed E-state index contributed by atoms with van der Waals surface area (Å²) in [5.74, 6) is -0.264. The summed E-state index contributed by atoms with van der Waals surface area (Å²) in [6.07, 6.45) is 4.22. The predicted octanol–water partition coefficient (Wildman–Crippen LogP) is 3.70. The topological polar surface area (TPSA) is 34.5 Å². The highest BCUT2D eigenvalue weighted by Crippen LogP contribution is 2.36. The summed E-state index contributed by atoms with van der Waals surface area (Å²) in [6.45, 7) is 1.69. The number of esters is 1. The van der Waals surface area contributed by atoms with Crippen molar-refractivity contribution in [3.8, 4) is 0 Å². The molecule has 5 heteroatoms. The largest absolute Gasteiger partial charge is 0.459 e. The van der Waals surface area contributed by atoms with Crippen LogP contribution in [0.15, 0.2) is 24.3 Å². The fourth-order valence-electron chi connectivity index (χ4n) is 4.73. The second kappa shape index (κ2) is 6.45. The monoisotopic (exact) mass is 344 g/mol. The van der Waals surface area contributed by atoms with Crippen LogP contribution in [0.5, 0.6) is 0 Å². The third-order valence-electron chi connectivity index (χ3n) is 6.07. The zero-order valence-electron chi connectivity index (χ0n) is 14.9. The molecule has 3 atom stereocenters. The number of carbonyl (C=O) groups excluding carboxylic acids is 1. The van der Waals surface area contributed by atoms with Crippen molar-refractivity contribution in [3.05, 3.63) is 35.5 Å². The molecule has 2 bridgehead atoms. The van der Waals surface area contributed by atoms with E-state index in [2.05, 4.69) is 11.9 Å². The van der Waals surface area contributed by atoms with E-state index in [0.29, 0.717) is 17.6 Å². The van der Waals surface area contributed by atoms with Gasteiger partial charge in [-0.25, -0.2) is 9.18 Å². The van der Waals surface area contributed by atoms with E-state index >= 15 is 0 Å². The van der Waals surface area contributed by atoms with Gasteiger partial charge in [0, 0.05) is 41.5 Å². The van der Waals surface area contributed by atoms with Crippen LogP contribution in [0.1, 0.15) is 41.7 Å². The molecule has 2 saturated heterocycles. The van der Waals surface area contributed by atoms with Gasteiger partial charge >= 0.3 is 5.97 Å². The van der Waals surface area contributed by atoms with Crippen molar-refractivity contribution in [2.24, 2.45) is 0 Å². The molecule has 2 aromatic rings. The number of carbonyl (C=O) groups is 1. The Balaban J connectivity index is 1.61. The van der Waals surface area contributed by atoms with Crippen molar-refractivity contribution < 1.29 is 13.9 Å². The molecular formula is C20H25FN2O2.